The molecule has 1 aliphatic carbocycles. The lowest BCUT2D eigenvalue weighted by molar-refractivity contribution is -0.123. The molecule has 0 aliphatic heterocycles. The molecule has 0 aromatic heterocycles. The molecule has 2 atom stereocenters. The summed E-state index contributed by atoms with van der Waals surface area (Å²) in [6, 6.07) is 7.00. The highest BCUT2D eigenvalue weighted by atomic mass is 32.2. The van der Waals surface area contributed by atoms with Crippen LogP contribution in [0, 0.1) is 0 Å². The van der Waals surface area contributed by atoms with Crippen molar-refractivity contribution >= 4 is 23.7 Å². The van der Waals surface area contributed by atoms with Crippen molar-refractivity contribution < 1.29 is 9.59 Å². The zero-order valence-corrected chi connectivity index (χ0v) is 15.4. The summed E-state index contributed by atoms with van der Waals surface area (Å²) in [5, 5.41) is 5.67. The second kappa shape index (κ2) is 7.92. The number of nitrogens with two attached hydrogens (primary N) is 1. The summed E-state index contributed by atoms with van der Waals surface area (Å²) < 4.78 is 0. The molecule has 1 aromatic carbocycles. The van der Waals surface area contributed by atoms with Crippen molar-refractivity contribution in [1.29, 1.82) is 0 Å². The van der Waals surface area contributed by atoms with Gasteiger partial charge in [-0.1, -0.05) is 38.1 Å². The first kappa shape index (κ1) is 18.6. The molecule has 0 unspecified atom stereocenters. The third kappa shape index (κ3) is 4.44. The first-order valence-electron chi connectivity index (χ1n) is 8.30. The Bertz CT molecular complexity index is 604. The lowest BCUT2D eigenvalue weighted by atomic mass is 9.71. The van der Waals surface area contributed by atoms with Crippen molar-refractivity contribution in [3.05, 3.63) is 35.4 Å². The highest BCUT2D eigenvalue weighted by molar-refractivity contribution is 7.98. The molecule has 4 N–H and O–H groups in total. The van der Waals surface area contributed by atoms with Gasteiger partial charge in [-0.05, 0) is 47.8 Å². The summed E-state index contributed by atoms with van der Waals surface area (Å²) in [4.78, 5) is 23.8. The number of nitrogens with one attached hydrogen (secondary N) is 2. The molecule has 1 aliphatic rings. The third-order valence-electron chi connectivity index (χ3n) is 4.68. The minimum Gasteiger partial charge on any atom is -0.352 e. The zero-order valence-electron chi connectivity index (χ0n) is 14.6. The molecule has 0 saturated heterocycles. The van der Waals surface area contributed by atoms with Crippen LogP contribution in [0.25, 0.3) is 0 Å². The lowest BCUT2D eigenvalue weighted by Gasteiger charge is -2.37. The summed E-state index contributed by atoms with van der Waals surface area (Å²) >= 11 is 1.64. The largest absolute Gasteiger partial charge is 0.352 e. The molecular formula is C18H27N3O2S. The smallest absolute Gasteiger partial charge is 0.312 e. The van der Waals surface area contributed by atoms with Crippen molar-refractivity contribution in [3.8, 4) is 0 Å². The molecule has 0 fully saturated rings. The van der Waals surface area contributed by atoms with E-state index in [1.54, 1.807) is 11.8 Å². The number of carbonyl (C=O) groups excluding carboxylic acids is 2. The van der Waals surface area contributed by atoms with Crippen LogP contribution in [0.15, 0.2) is 24.3 Å². The monoisotopic (exact) mass is 349 g/mol. The third-order valence-corrected chi connectivity index (χ3v) is 5.33. The Morgan fingerprint density at radius 2 is 2.08 bits per heavy atom. The predicted octanol–water partition coefficient (Wildman–Crippen LogP) is 2.71. The van der Waals surface area contributed by atoms with E-state index in [0.29, 0.717) is 6.42 Å². The van der Waals surface area contributed by atoms with Gasteiger partial charge in [0.1, 0.15) is 6.04 Å². The fraction of sp³-hybridized carbons (Fsp3) is 0.556. The van der Waals surface area contributed by atoms with E-state index in [2.05, 4.69) is 36.6 Å². The number of urea groups is 1. The Labute approximate surface area is 148 Å². The number of rotatable bonds is 6. The van der Waals surface area contributed by atoms with Crippen molar-refractivity contribution in [2.75, 3.05) is 12.0 Å². The van der Waals surface area contributed by atoms with Crippen LogP contribution in [0.4, 0.5) is 4.79 Å². The van der Waals surface area contributed by atoms with Gasteiger partial charge in [0.05, 0.1) is 6.04 Å². The summed E-state index contributed by atoms with van der Waals surface area (Å²) in [5.74, 6) is 0.620. The van der Waals surface area contributed by atoms with Crippen molar-refractivity contribution in [3.63, 3.8) is 0 Å². The first-order valence-corrected chi connectivity index (χ1v) is 9.69. The van der Waals surface area contributed by atoms with Crippen LogP contribution in [0.3, 0.4) is 0 Å². The van der Waals surface area contributed by atoms with E-state index in [4.69, 9.17) is 5.73 Å². The number of hydrogen-bond donors (Lipinski definition) is 3. The summed E-state index contributed by atoms with van der Waals surface area (Å²) in [7, 11) is 0. The Morgan fingerprint density at radius 3 is 2.75 bits per heavy atom. The van der Waals surface area contributed by atoms with Gasteiger partial charge in [0.15, 0.2) is 0 Å². The molecule has 0 bridgehead atoms. The number of carbonyl (C=O) groups is 2. The molecule has 0 heterocycles. The molecule has 24 heavy (non-hydrogen) atoms. The van der Waals surface area contributed by atoms with E-state index < -0.39 is 12.1 Å². The van der Waals surface area contributed by atoms with Crippen LogP contribution in [0.2, 0.25) is 0 Å². The highest BCUT2D eigenvalue weighted by Gasteiger charge is 2.33. The maximum Gasteiger partial charge on any atom is 0.312 e. The normalized spacial score (nSPS) is 19.9. The Hall–Kier alpha value is -1.69. The average molecular weight is 350 g/mol. The van der Waals surface area contributed by atoms with Crippen LogP contribution in [0.1, 0.15) is 50.3 Å². The van der Waals surface area contributed by atoms with Crippen LogP contribution < -0.4 is 16.4 Å². The zero-order chi connectivity index (χ0) is 17.7. The van der Waals surface area contributed by atoms with Crippen molar-refractivity contribution in [2.45, 2.75) is 50.6 Å². The van der Waals surface area contributed by atoms with Gasteiger partial charge >= 0.3 is 6.03 Å². The lowest BCUT2D eigenvalue weighted by Crippen LogP contribution is -2.50. The number of thioether (sulfide) groups is 1. The second-order valence-electron chi connectivity index (χ2n) is 6.91. The van der Waals surface area contributed by atoms with Gasteiger partial charge in [-0.15, -0.1) is 0 Å². The number of fused-ring (bicyclic) bond motifs is 1. The molecule has 3 amide bonds. The molecule has 0 spiro atoms. The van der Waals surface area contributed by atoms with Gasteiger partial charge in [0.25, 0.3) is 0 Å². The Morgan fingerprint density at radius 1 is 1.38 bits per heavy atom. The summed E-state index contributed by atoms with van der Waals surface area (Å²) in [6.45, 7) is 4.47. The highest BCUT2D eigenvalue weighted by Crippen LogP contribution is 2.41. The van der Waals surface area contributed by atoms with E-state index in [9.17, 15) is 9.59 Å². The number of amides is 3. The quantitative estimate of drug-likeness (QED) is 0.738. The fourth-order valence-electron chi connectivity index (χ4n) is 3.31. The molecule has 0 saturated carbocycles. The van der Waals surface area contributed by atoms with E-state index >= 15 is 0 Å². The number of benzene rings is 1. The van der Waals surface area contributed by atoms with Crippen LogP contribution in [-0.2, 0) is 10.2 Å². The van der Waals surface area contributed by atoms with E-state index in [-0.39, 0.29) is 17.4 Å². The van der Waals surface area contributed by atoms with Crippen molar-refractivity contribution in [2.24, 2.45) is 5.73 Å². The van der Waals surface area contributed by atoms with Gasteiger partial charge in [-0.25, -0.2) is 4.79 Å². The van der Waals surface area contributed by atoms with E-state index in [0.717, 1.165) is 18.6 Å². The number of hydrogen-bond acceptors (Lipinski definition) is 3. The number of primary amides is 1. The van der Waals surface area contributed by atoms with Crippen LogP contribution in [0.5, 0.6) is 0 Å². The SMILES string of the molecule is CSCC[C@H](NC(N)=O)C(=O)N[C@@H]1CCC(C)(C)c2ccccc21. The van der Waals surface area contributed by atoms with Crippen LogP contribution >= 0.6 is 11.8 Å². The van der Waals surface area contributed by atoms with Gasteiger partial charge < -0.3 is 16.4 Å². The molecule has 1 aromatic rings. The summed E-state index contributed by atoms with van der Waals surface area (Å²) in [6.07, 6.45) is 4.43. The molecule has 5 nitrogen and oxygen atoms in total. The average Bonchev–Trinajstić information content (AvgIpc) is 2.54. The van der Waals surface area contributed by atoms with Gasteiger partial charge in [-0.3, -0.25) is 4.79 Å². The molecule has 0 radical (unpaired) electrons. The standard InChI is InChI=1S/C18H27N3O2S/c1-18(2)10-8-14(12-6-4-5-7-13(12)18)20-16(22)15(9-11-24-3)21-17(19)23/h4-7,14-15H,8-11H2,1-3H3,(H,20,22)(H3,19,21,23)/t14-,15+/m1/s1. The molecule has 6 heteroatoms. The minimum atomic E-state index is -0.665. The maximum absolute atomic E-state index is 12.6. The van der Waals surface area contributed by atoms with Crippen LogP contribution in [-0.4, -0.2) is 30.0 Å². The Balaban J connectivity index is 2.14. The van der Waals surface area contributed by atoms with E-state index in [1.807, 2.05) is 18.4 Å². The van der Waals surface area contributed by atoms with Crippen molar-refractivity contribution in [1.82, 2.24) is 10.6 Å². The van der Waals surface area contributed by atoms with E-state index in [1.165, 1.54) is 11.1 Å². The Kier molecular flexibility index (Phi) is 6.15. The molecular weight excluding hydrogens is 322 g/mol. The maximum atomic E-state index is 12.6. The molecule has 132 valence electrons. The van der Waals surface area contributed by atoms with Gasteiger partial charge in [0.2, 0.25) is 5.91 Å². The fourth-order valence-corrected chi connectivity index (χ4v) is 3.78. The summed E-state index contributed by atoms with van der Waals surface area (Å²) in [5.41, 5.74) is 7.78. The predicted molar refractivity (Wildman–Crippen MR) is 99.1 cm³/mol. The first-order chi connectivity index (χ1) is 11.3. The van der Waals surface area contributed by atoms with Gasteiger partial charge in [0, 0.05) is 0 Å². The van der Waals surface area contributed by atoms with Gasteiger partial charge in [-0.2, -0.15) is 11.8 Å². The topological polar surface area (TPSA) is 84.2 Å². The molecule has 2 rings (SSSR count). The minimum absolute atomic E-state index is 0.0202. The second-order valence-corrected chi connectivity index (χ2v) is 7.90.